The van der Waals surface area contributed by atoms with Gasteiger partial charge in [0.05, 0.1) is 25.3 Å². The molecule has 2 N–H and O–H groups in total. The molecule has 0 unspecified atom stereocenters. The number of aromatic nitrogens is 2. The highest BCUT2D eigenvalue weighted by Crippen LogP contribution is 2.49. The Morgan fingerprint density at radius 3 is 2.62 bits per heavy atom. The van der Waals surface area contributed by atoms with Crippen LogP contribution in [0.15, 0.2) is 42.7 Å². The van der Waals surface area contributed by atoms with Crippen molar-refractivity contribution in [2.75, 3.05) is 33.4 Å². The zero-order chi connectivity index (χ0) is 24.0. The summed E-state index contributed by atoms with van der Waals surface area (Å²) in [6.07, 6.45) is 3.61. The Morgan fingerprint density at radius 2 is 1.97 bits per heavy atom. The third kappa shape index (κ3) is 3.61. The van der Waals surface area contributed by atoms with Gasteiger partial charge < -0.3 is 24.6 Å². The lowest BCUT2D eigenvalue weighted by Crippen LogP contribution is -2.69. The number of ether oxygens (including phenoxy) is 1. The van der Waals surface area contributed by atoms with Crippen LogP contribution in [0.5, 0.6) is 5.75 Å². The van der Waals surface area contributed by atoms with Crippen molar-refractivity contribution in [3.05, 3.63) is 59.5 Å². The van der Waals surface area contributed by atoms with Crippen molar-refractivity contribution in [3.8, 4) is 5.75 Å². The number of carbonyl (C=O) groups is 1. The van der Waals surface area contributed by atoms with E-state index in [1.165, 1.54) is 10.9 Å². The second-order valence-corrected chi connectivity index (χ2v) is 9.90. The standard InChI is InChI=1S/C26H33N5O3/c1-17(2)28-25(33)31-15-26(16-31)14-30(12-18-7-9-27-10-8-18)22(13-32)24-23(26)20-6-5-19(34-4)11-21(20)29(24)3/h5-11,17,22,32H,12-16H2,1-4H3,(H,28,33)/t22-/m0/s1. The van der Waals surface area contributed by atoms with Crippen LogP contribution in [0.4, 0.5) is 4.79 Å². The fraction of sp³-hybridized carbons (Fsp3) is 0.462. The molecule has 1 spiro atoms. The first-order chi connectivity index (χ1) is 16.4. The number of nitrogens with zero attached hydrogens (tertiary/aromatic N) is 4. The molecule has 0 saturated carbocycles. The lowest BCUT2D eigenvalue weighted by Gasteiger charge is -2.56. The van der Waals surface area contributed by atoms with E-state index in [0.717, 1.165) is 29.1 Å². The van der Waals surface area contributed by atoms with Crippen molar-refractivity contribution < 1.29 is 14.6 Å². The highest BCUT2D eigenvalue weighted by atomic mass is 16.5. The highest BCUT2D eigenvalue weighted by Gasteiger charge is 2.54. The fourth-order valence-corrected chi connectivity index (χ4v) is 5.78. The van der Waals surface area contributed by atoms with Gasteiger partial charge in [-0.25, -0.2) is 4.79 Å². The Hall–Kier alpha value is -3.10. The largest absolute Gasteiger partial charge is 0.497 e. The number of pyridine rings is 1. The summed E-state index contributed by atoms with van der Waals surface area (Å²) < 4.78 is 7.70. The normalized spacial score (nSPS) is 19.4. The smallest absolute Gasteiger partial charge is 0.317 e. The Balaban J connectivity index is 1.60. The molecule has 3 aromatic rings. The molecule has 8 heteroatoms. The molecule has 4 heterocycles. The number of rotatable bonds is 5. The molecule has 1 saturated heterocycles. The van der Waals surface area contributed by atoms with Gasteiger partial charge in [0.1, 0.15) is 5.75 Å². The number of fused-ring (bicyclic) bond motifs is 4. The minimum atomic E-state index is -0.198. The zero-order valence-electron chi connectivity index (χ0n) is 20.3. The van der Waals surface area contributed by atoms with Crippen LogP contribution in [-0.2, 0) is 19.0 Å². The fourth-order valence-electron chi connectivity index (χ4n) is 5.78. The van der Waals surface area contributed by atoms with E-state index in [2.05, 4.69) is 38.9 Å². The molecule has 1 atom stereocenters. The summed E-state index contributed by atoms with van der Waals surface area (Å²) in [5.74, 6) is 0.806. The van der Waals surface area contributed by atoms with Crippen LogP contribution in [0, 0.1) is 0 Å². The summed E-state index contributed by atoms with van der Waals surface area (Å²) in [5, 5.41) is 14.8. The molecule has 1 fully saturated rings. The Morgan fingerprint density at radius 1 is 1.24 bits per heavy atom. The van der Waals surface area contributed by atoms with Crippen LogP contribution in [0.1, 0.15) is 36.7 Å². The number of nitrogens with one attached hydrogen (secondary N) is 1. The average molecular weight is 464 g/mol. The van der Waals surface area contributed by atoms with Crippen molar-refractivity contribution in [2.45, 2.75) is 37.9 Å². The molecule has 180 valence electrons. The number of aryl methyl sites for hydroxylation is 1. The minimum Gasteiger partial charge on any atom is -0.497 e. The number of carbonyl (C=O) groups excluding carboxylic acids is 1. The zero-order valence-corrected chi connectivity index (χ0v) is 20.3. The van der Waals surface area contributed by atoms with E-state index in [1.54, 1.807) is 19.5 Å². The van der Waals surface area contributed by atoms with Crippen molar-refractivity contribution in [2.24, 2.45) is 7.05 Å². The molecule has 8 nitrogen and oxygen atoms in total. The number of benzene rings is 1. The van der Waals surface area contributed by atoms with Crippen molar-refractivity contribution >= 4 is 16.9 Å². The van der Waals surface area contributed by atoms with E-state index in [4.69, 9.17) is 4.74 Å². The van der Waals surface area contributed by atoms with Crippen LogP contribution in [0.25, 0.3) is 10.9 Å². The molecule has 0 aliphatic carbocycles. The maximum atomic E-state index is 12.8. The van der Waals surface area contributed by atoms with E-state index in [-0.39, 0.29) is 30.1 Å². The summed E-state index contributed by atoms with van der Waals surface area (Å²) in [4.78, 5) is 21.1. The first-order valence-corrected chi connectivity index (χ1v) is 11.8. The van der Waals surface area contributed by atoms with E-state index >= 15 is 0 Å². The number of aliphatic hydroxyl groups is 1. The number of hydrogen-bond donors (Lipinski definition) is 2. The number of methoxy groups -OCH3 is 1. The molecule has 2 aliphatic heterocycles. The maximum Gasteiger partial charge on any atom is 0.317 e. The molecule has 2 aliphatic rings. The monoisotopic (exact) mass is 463 g/mol. The van der Waals surface area contributed by atoms with E-state index in [1.807, 2.05) is 36.9 Å². The van der Waals surface area contributed by atoms with Gasteiger partial charge in [-0.2, -0.15) is 0 Å². The average Bonchev–Trinajstić information content (AvgIpc) is 3.09. The molecule has 1 aromatic carbocycles. The van der Waals surface area contributed by atoms with E-state index < -0.39 is 0 Å². The molecule has 2 amide bonds. The highest BCUT2D eigenvalue weighted by molar-refractivity contribution is 5.89. The van der Waals surface area contributed by atoms with E-state index in [0.29, 0.717) is 19.6 Å². The lowest BCUT2D eigenvalue weighted by atomic mass is 9.68. The van der Waals surface area contributed by atoms with Crippen molar-refractivity contribution in [3.63, 3.8) is 0 Å². The molecule has 0 bridgehead atoms. The Labute approximate surface area is 200 Å². The summed E-state index contributed by atoms with van der Waals surface area (Å²) in [5.41, 5.74) is 4.41. The van der Waals surface area contributed by atoms with Crippen molar-refractivity contribution in [1.29, 1.82) is 0 Å². The minimum absolute atomic E-state index is 0.0194. The van der Waals surface area contributed by atoms with Gasteiger partial charge in [0.25, 0.3) is 0 Å². The van der Waals surface area contributed by atoms with Gasteiger partial charge in [0.15, 0.2) is 0 Å². The van der Waals surface area contributed by atoms with Gasteiger partial charge in [-0.15, -0.1) is 0 Å². The van der Waals surface area contributed by atoms with E-state index in [9.17, 15) is 9.90 Å². The number of amides is 2. The predicted molar refractivity (Wildman–Crippen MR) is 131 cm³/mol. The van der Waals surface area contributed by atoms with Gasteiger partial charge >= 0.3 is 6.03 Å². The molecule has 34 heavy (non-hydrogen) atoms. The van der Waals surface area contributed by atoms with Gasteiger partial charge in [-0.3, -0.25) is 9.88 Å². The van der Waals surface area contributed by atoms with Crippen LogP contribution in [-0.4, -0.2) is 69.9 Å². The first kappa shape index (κ1) is 22.7. The number of aliphatic hydroxyl groups excluding tert-OH is 1. The summed E-state index contributed by atoms with van der Waals surface area (Å²) in [7, 11) is 3.74. The van der Waals surface area contributed by atoms with Crippen LogP contribution in [0.2, 0.25) is 0 Å². The molecule has 5 rings (SSSR count). The predicted octanol–water partition coefficient (Wildman–Crippen LogP) is 2.80. The number of likely N-dealkylation sites (tertiary alicyclic amines) is 1. The van der Waals surface area contributed by atoms with Crippen LogP contribution >= 0.6 is 0 Å². The second-order valence-electron chi connectivity index (χ2n) is 9.90. The second kappa shape index (κ2) is 8.60. The molecule has 2 aromatic heterocycles. The number of hydrogen-bond acceptors (Lipinski definition) is 5. The van der Waals surface area contributed by atoms with Gasteiger partial charge in [-0.1, -0.05) is 0 Å². The topological polar surface area (TPSA) is 82.9 Å². The summed E-state index contributed by atoms with van der Waals surface area (Å²) in [6, 6.07) is 10.2. The third-order valence-electron chi connectivity index (χ3n) is 7.24. The molecule has 0 radical (unpaired) electrons. The van der Waals surface area contributed by atoms with Crippen molar-refractivity contribution in [1.82, 2.24) is 24.7 Å². The molecular formula is C26H33N5O3. The third-order valence-corrected chi connectivity index (χ3v) is 7.24. The van der Waals surface area contributed by atoms with Gasteiger partial charge in [-0.05, 0) is 49.2 Å². The SMILES string of the molecule is COc1ccc2c3c(n(C)c2c1)[C@H](CO)N(Cc1ccncc1)CC31CN(C(=O)NC(C)C)C1. The van der Waals surface area contributed by atoms with Crippen LogP contribution < -0.4 is 10.1 Å². The number of urea groups is 1. The quantitative estimate of drug-likeness (QED) is 0.608. The molecular weight excluding hydrogens is 430 g/mol. The maximum absolute atomic E-state index is 12.8. The Kier molecular flexibility index (Phi) is 5.73. The lowest BCUT2D eigenvalue weighted by molar-refractivity contribution is 0.00821. The van der Waals surface area contributed by atoms with Gasteiger partial charge in [0.2, 0.25) is 0 Å². The Bertz CT molecular complexity index is 1200. The summed E-state index contributed by atoms with van der Waals surface area (Å²) in [6.45, 7) is 6.75. The van der Waals surface area contributed by atoms with Gasteiger partial charge in [0, 0.05) is 74.2 Å². The summed E-state index contributed by atoms with van der Waals surface area (Å²) >= 11 is 0. The first-order valence-electron chi connectivity index (χ1n) is 11.8. The van der Waals surface area contributed by atoms with Crippen LogP contribution in [0.3, 0.4) is 0 Å².